The van der Waals surface area contributed by atoms with Crippen molar-refractivity contribution in [2.24, 2.45) is 16.7 Å². The highest BCUT2D eigenvalue weighted by Crippen LogP contribution is 2.35. The van der Waals surface area contributed by atoms with Crippen molar-refractivity contribution < 1.29 is 4.79 Å². The number of carbonyl (C=O) groups is 1. The van der Waals surface area contributed by atoms with Gasteiger partial charge in [-0.2, -0.15) is 0 Å². The van der Waals surface area contributed by atoms with E-state index < -0.39 is 0 Å². The lowest BCUT2D eigenvalue weighted by molar-refractivity contribution is -0.129. The maximum atomic E-state index is 12.1. The number of fused-ring (bicyclic) bond motifs is 1. The molecular weight excluding hydrogens is 258 g/mol. The number of rotatable bonds is 3. The molecule has 0 aliphatic heterocycles. The number of hydrogen-bond acceptors (Lipinski definition) is 1. The van der Waals surface area contributed by atoms with Crippen LogP contribution >= 0.6 is 0 Å². The van der Waals surface area contributed by atoms with Crippen LogP contribution in [0.1, 0.15) is 45.7 Å². The third-order valence-corrected chi connectivity index (χ3v) is 4.39. The molecule has 1 unspecified atom stereocenters. The van der Waals surface area contributed by atoms with E-state index in [1.165, 1.54) is 11.1 Å². The molecular formula is C19H27NO. The van der Waals surface area contributed by atoms with Crippen LogP contribution in [-0.2, 0) is 11.2 Å². The van der Waals surface area contributed by atoms with Gasteiger partial charge in [-0.15, -0.1) is 0 Å². The molecule has 0 saturated carbocycles. The first-order chi connectivity index (χ1) is 9.70. The number of nitrogens with one attached hydrogen (secondary N) is 1. The molecule has 0 aromatic heterocycles. The zero-order valence-electron chi connectivity index (χ0n) is 13.9. The van der Waals surface area contributed by atoms with Crippen molar-refractivity contribution in [3.05, 3.63) is 41.5 Å². The highest BCUT2D eigenvalue weighted by Gasteiger charge is 2.31. The highest BCUT2D eigenvalue weighted by atomic mass is 16.2. The Morgan fingerprint density at radius 2 is 1.86 bits per heavy atom. The summed E-state index contributed by atoms with van der Waals surface area (Å²) in [6.45, 7) is 11.0. The maximum absolute atomic E-state index is 12.1. The van der Waals surface area contributed by atoms with Crippen LogP contribution in [0.5, 0.6) is 0 Å². The van der Waals surface area contributed by atoms with Crippen molar-refractivity contribution in [2.45, 2.75) is 41.0 Å². The monoisotopic (exact) mass is 285 g/mol. The lowest BCUT2D eigenvalue weighted by Gasteiger charge is -2.35. The SMILES string of the molecule is CC(C)(C)C(=O)NCC(C)(C)C1C=Cc2ccccc2C1. The van der Waals surface area contributed by atoms with Crippen LogP contribution in [0.25, 0.3) is 6.08 Å². The molecule has 1 amide bonds. The Morgan fingerprint density at radius 3 is 2.52 bits per heavy atom. The van der Waals surface area contributed by atoms with E-state index >= 15 is 0 Å². The normalized spacial score (nSPS) is 18.2. The Bertz CT molecular complexity index is 549. The molecule has 1 atom stereocenters. The van der Waals surface area contributed by atoms with Crippen LogP contribution in [0.4, 0.5) is 0 Å². The summed E-state index contributed by atoms with van der Waals surface area (Å²) in [7, 11) is 0. The lowest BCUT2D eigenvalue weighted by atomic mass is 9.72. The second-order valence-corrected chi connectivity index (χ2v) is 7.79. The quantitative estimate of drug-likeness (QED) is 0.891. The van der Waals surface area contributed by atoms with E-state index in [2.05, 4.69) is 55.6 Å². The van der Waals surface area contributed by atoms with Crippen LogP contribution < -0.4 is 5.32 Å². The number of carbonyl (C=O) groups excluding carboxylic acids is 1. The minimum atomic E-state index is -0.328. The van der Waals surface area contributed by atoms with Gasteiger partial charge in [0, 0.05) is 12.0 Å². The molecule has 1 aromatic rings. The van der Waals surface area contributed by atoms with E-state index in [1.54, 1.807) is 0 Å². The van der Waals surface area contributed by atoms with Gasteiger partial charge in [-0.3, -0.25) is 4.79 Å². The van der Waals surface area contributed by atoms with Gasteiger partial charge in [0.15, 0.2) is 0 Å². The number of amides is 1. The Kier molecular flexibility index (Phi) is 4.27. The van der Waals surface area contributed by atoms with E-state index in [4.69, 9.17) is 0 Å². The fourth-order valence-electron chi connectivity index (χ4n) is 2.65. The van der Waals surface area contributed by atoms with Gasteiger partial charge in [0.05, 0.1) is 0 Å². The molecule has 21 heavy (non-hydrogen) atoms. The van der Waals surface area contributed by atoms with Crippen molar-refractivity contribution >= 4 is 12.0 Å². The highest BCUT2D eigenvalue weighted by molar-refractivity contribution is 5.81. The van der Waals surface area contributed by atoms with Crippen molar-refractivity contribution in [1.29, 1.82) is 0 Å². The molecule has 1 aromatic carbocycles. The molecule has 0 fully saturated rings. The largest absolute Gasteiger partial charge is 0.355 e. The fourth-order valence-corrected chi connectivity index (χ4v) is 2.65. The number of hydrogen-bond donors (Lipinski definition) is 1. The smallest absolute Gasteiger partial charge is 0.225 e. The zero-order valence-corrected chi connectivity index (χ0v) is 13.9. The molecule has 1 aliphatic rings. The molecule has 0 saturated heterocycles. The summed E-state index contributed by atoms with van der Waals surface area (Å²) in [5.41, 5.74) is 2.44. The molecule has 114 valence electrons. The topological polar surface area (TPSA) is 29.1 Å². The van der Waals surface area contributed by atoms with Crippen LogP contribution in [0.2, 0.25) is 0 Å². The van der Waals surface area contributed by atoms with Gasteiger partial charge in [0.1, 0.15) is 0 Å². The van der Waals surface area contributed by atoms with E-state index in [1.807, 2.05) is 20.8 Å². The van der Waals surface area contributed by atoms with E-state index in [-0.39, 0.29) is 16.7 Å². The zero-order chi connectivity index (χ0) is 15.7. The first-order valence-electron chi connectivity index (χ1n) is 7.74. The van der Waals surface area contributed by atoms with Gasteiger partial charge in [0.2, 0.25) is 5.91 Å². The van der Waals surface area contributed by atoms with Crippen molar-refractivity contribution in [1.82, 2.24) is 5.32 Å². The van der Waals surface area contributed by atoms with Gasteiger partial charge in [-0.25, -0.2) is 0 Å². The van der Waals surface area contributed by atoms with Gasteiger partial charge in [-0.1, -0.05) is 71.0 Å². The first-order valence-corrected chi connectivity index (χ1v) is 7.74. The van der Waals surface area contributed by atoms with Gasteiger partial charge in [0.25, 0.3) is 0 Å². The van der Waals surface area contributed by atoms with E-state index in [0.717, 1.165) is 6.42 Å². The van der Waals surface area contributed by atoms with Crippen LogP contribution in [0, 0.1) is 16.7 Å². The van der Waals surface area contributed by atoms with Gasteiger partial charge in [-0.05, 0) is 28.9 Å². The Labute approximate surface area is 128 Å². The molecule has 1 aliphatic carbocycles. The van der Waals surface area contributed by atoms with Crippen molar-refractivity contribution in [2.75, 3.05) is 6.54 Å². The lowest BCUT2D eigenvalue weighted by Crippen LogP contribution is -2.43. The number of allylic oxidation sites excluding steroid dienone is 1. The van der Waals surface area contributed by atoms with Crippen molar-refractivity contribution in [3.63, 3.8) is 0 Å². The third-order valence-electron chi connectivity index (χ3n) is 4.39. The van der Waals surface area contributed by atoms with E-state index in [9.17, 15) is 4.79 Å². The van der Waals surface area contributed by atoms with Gasteiger partial charge >= 0.3 is 0 Å². The summed E-state index contributed by atoms with van der Waals surface area (Å²) in [6, 6.07) is 8.55. The molecule has 0 heterocycles. The third kappa shape index (κ3) is 3.75. The molecule has 0 radical (unpaired) electrons. The predicted octanol–water partition coefficient (Wildman–Crippen LogP) is 4.06. The summed E-state index contributed by atoms with van der Waals surface area (Å²) < 4.78 is 0. The minimum Gasteiger partial charge on any atom is -0.355 e. The summed E-state index contributed by atoms with van der Waals surface area (Å²) in [6.07, 6.45) is 5.56. The summed E-state index contributed by atoms with van der Waals surface area (Å²) in [5, 5.41) is 3.11. The van der Waals surface area contributed by atoms with Crippen LogP contribution in [0.3, 0.4) is 0 Å². The minimum absolute atomic E-state index is 0.0466. The maximum Gasteiger partial charge on any atom is 0.225 e. The molecule has 0 spiro atoms. The molecule has 0 bridgehead atoms. The predicted molar refractivity (Wildman–Crippen MR) is 88.9 cm³/mol. The second-order valence-electron chi connectivity index (χ2n) is 7.79. The second kappa shape index (κ2) is 5.67. The van der Waals surface area contributed by atoms with Crippen molar-refractivity contribution in [3.8, 4) is 0 Å². The molecule has 2 rings (SSSR count). The standard InChI is InChI=1S/C19H27NO/c1-18(2,3)17(21)20-13-19(4,5)16-11-10-14-8-6-7-9-15(14)12-16/h6-11,16H,12-13H2,1-5H3,(H,20,21). The van der Waals surface area contributed by atoms with E-state index in [0.29, 0.717) is 12.5 Å². The average molecular weight is 285 g/mol. The Balaban J connectivity index is 2.03. The molecule has 2 heteroatoms. The summed E-state index contributed by atoms with van der Waals surface area (Å²) in [5.74, 6) is 0.573. The van der Waals surface area contributed by atoms with Crippen LogP contribution in [-0.4, -0.2) is 12.5 Å². The molecule has 1 N–H and O–H groups in total. The molecule has 2 nitrogen and oxygen atoms in total. The number of benzene rings is 1. The Hall–Kier alpha value is -1.57. The Morgan fingerprint density at radius 1 is 1.19 bits per heavy atom. The summed E-state index contributed by atoms with van der Waals surface area (Å²) >= 11 is 0. The average Bonchev–Trinajstić information content (AvgIpc) is 2.43. The fraction of sp³-hybridized carbons (Fsp3) is 0.526. The van der Waals surface area contributed by atoms with Crippen LogP contribution in [0.15, 0.2) is 30.3 Å². The first kappa shape index (κ1) is 15.8. The van der Waals surface area contributed by atoms with Gasteiger partial charge < -0.3 is 5.32 Å². The summed E-state index contributed by atoms with van der Waals surface area (Å²) in [4.78, 5) is 12.1.